The fourth-order valence-corrected chi connectivity index (χ4v) is 1.96. The van der Waals surface area contributed by atoms with E-state index in [1.807, 2.05) is 67.6 Å². The number of halogens is 1. The standard InChI is InChI=1S/C16H15ClO/c1-13(18-16-9-3-2-4-10-16)11-14-7-5-6-8-15(14)12-17/h2-11H,12H2,1H3. The van der Waals surface area contributed by atoms with Gasteiger partial charge in [0, 0.05) is 5.88 Å². The minimum absolute atomic E-state index is 0.505. The van der Waals surface area contributed by atoms with Crippen molar-refractivity contribution in [2.24, 2.45) is 0 Å². The molecule has 0 aliphatic heterocycles. The van der Waals surface area contributed by atoms with Crippen LogP contribution in [0, 0.1) is 0 Å². The number of hydrogen-bond acceptors (Lipinski definition) is 1. The molecule has 1 nitrogen and oxygen atoms in total. The van der Waals surface area contributed by atoms with E-state index in [9.17, 15) is 0 Å². The van der Waals surface area contributed by atoms with E-state index >= 15 is 0 Å². The third-order valence-corrected chi connectivity index (χ3v) is 2.87. The summed E-state index contributed by atoms with van der Waals surface area (Å²) in [5, 5.41) is 0. The molecule has 18 heavy (non-hydrogen) atoms. The van der Waals surface area contributed by atoms with Gasteiger partial charge in [0.2, 0.25) is 0 Å². The van der Waals surface area contributed by atoms with Crippen LogP contribution < -0.4 is 4.74 Å². The molecule has 0 bridgehead atoms. The van der Waals surface area contributed by atoms with Crippen LogP contribution in [0.25, 0.3) is 6.08 Å². The van der Waals surface area contributed by atoms with Gasteiger partial charge in [0.05, 0.1) is 0 Å². The Bertz CT molecular complexity index is 532. The molecule has 2 aromatic rings. The van der Waals surface area contributed by atoms with Crippen LogP contribution in [-0.4, -0.2) is 0 Å². The van der Waals surface area contributed by atoms with Gasteiger partial charge in [-0.2, -0.15) is 0 Å². The maximum atomic E-state index is 5.91. The smallest absolute Gasteiger partial charge is 0.126 e. The second kappa shape index (κ2) is 6.27. The van der Waals surface area contributed by atoms with E-state index < -0.39 is 0 Å². The second-order valence-corrected chi connectivity index (χ2v) is 4.27. The number of allylic oxidation sites excluding steroid dienone is 1. The monoisotopic (exact) mass is 258 g/mol. The molecule has 0 aliphatic rings. The van der Waals surface area contributed by atoms with Gasteiger partial charge in [-0.05, 0) is 36.3 Å². The van der Waals surface area contributed by atoms with Gasteiger partial charge >= 0.3 is 0 Å². The van der Waals surface area contributed by atoms with Crippen molar-refractivity contribution in [3.8, 4) is 5.75 Å². The predicted octanol–water partition coefficient (Wildman–Crippen LogP) is 4.87. The first-order chi connectivity index (χ1) is 8.79. The van der Waals surface area contributed by atoms with Crippen LogP contribution >= 0.6 is 11.6 Å². The molecule has 0 saturated heterocycles. The minimum atomic E-state index is 0.505. The van der Waals surface area contributed by atoms with Gasteiger partial charge in [-0.15, -0.1) is 11.6 Å². The lowest BCUT2D eigenvalue weighted by molar-refractivity contribution is 0.433. The molecule has 2 heteroatoms. The summed E-state index contributed by atoms with van der Waals surface area (Å²) in [4.78, 5) is 0. The summed E-state index contributed by atoms with van der Waals surface area (Å²) in [6, 6.07) is 17.8. The van der Waals surface area contributed by atoms with Crippen molar-refractivity contribution in [2.75, 3.05) is 0 Å². The zero-order valence-electron chi connectivity index (χ0n) is 10.3. The van der Waals surface area contributed by atoms with E-state index in [4.69, 9.17) is 16.3 Å². The van der Waals surface area contributed by atoms with Crippen LogP contribution in [0.1, 0.15) is 18.1 Å². The first-order valence-corrected chi connectivity index (χ1v) is 6.38. The van der Waals surface area contributed by atoms with Gasteiger partial charge in [-0.3, -0.25) is 0 Å². The van der Waals surface area contributed by atoms with Gasteiger partial charge in [-0.1, -0.05) is 42.5 Å². The molecule has 2 rings (SSSR count). The highest BCUT2D eigenvalue weighted by molar-refractivity contribution is 6.17. The van der Waals surface area contributed by atoms with Crippen molar-refractivity contribution < 1.29 is 4.74 Å². The average Bonchev–Trinajstić information content (AvgIpc) is 2.40. The highest BCUT2D eigenvalue weighted by Crippen LogP contribution is 2.18. The van der Waals surface area contributed by atoms with Crippen molar-refractivity contribution in [1.29, 1.82) is 0 Å². The molecular weight excluding hydrogens is 244 g/mol. The molecule has 0 saturated carbocycles. The van der Waals surface area contributed by atoms with E-state index in [2.05, 4.69) is 0 Å². The zero-order valence-corrected chi connectivity index (χ0v) is 11.0. The molecule has 2 aromatic carbocycles. The molecule has 0 aromatic heterocycles. The van der Waals surface area contributed by atoms with Gasteiger partial charge in [-0.25, -0.2) is 0 Å². The quantitative estimate of drug-likeness (QED) is 0.562. The largest absolute Gasteiger partial charge is 0.462 e. The zero-order chi connectivity index (χ0) is 12.8. The molecule has 0 amide bonds. The molecule has 0 atom stereocenters. The SMILES string of the molecule is CC(=Cc1ccccc1CCl)Oc1ccccc1. The van der Waals surface area contributed by atoms with Crippen molar-refractivity contribution in [3.05, 3.63) is 71.5 Å². The van der Waals surface area contributed by atoms with Crippen molar-refractivity contribution in [1.82, 2.24) is 0 Å². The van der Waals surface area contributed by atoms with Gasteiger partial charge in [0.1, 0.15) is 11.5 Å². The first kappa shape index (κ1) is 12.7. The molecule has 0 N–H and O–H groups in total. The van der Waals surface area contributed by atoms with Crippen LogP contribution in [0.3, 0.4) is 0 Å². The number of para-hydroxylation sites is 1. The Kier molecular flexibility index (Phi) is 4.43. The summed E-state index contributed by atoms with van der Waals surface area (Å²) < 4.78 is 5.74. The predicted molar refractivity (Wildman–Crippen MR) is 76.7 cm³/mol. The Hall–Kier alpha value is -1.73. The average molecular weight is 259 g/mol. The van der Waals surface area contributed by atoms with E-state index in [-0.39, 0.29) is 0 Å². The van der Waals surface area contributed by atoms with Crippen LogP contribution in [0.5, 0.6) is 5.75 Å². The summed E-state index contributed by atoms with van der Waals surface area (Å²) >= 11 is 5.91. The summed E-state index contributed by atoms with van der Waals surface area (Å²) in [5.74, 6) is 2.19. The van der Waals surface area contributed by atoms with Crippen molar-refractivity contribution in [2.45, 2.75) is 12.8 Å². The second-order valence-electron chi connectivity index (χ2n) is 4.00. The van der Waals surface area contributed by atoms with Gasteiger partial charge in [0.25, 0.3) is 0 Å². The van der Waals surface area contributed by atoms with Crippen molar-refractivity contribution >= 4 is 17.7 Å². The molecule has 0 aliphatic carbocycles. The lowest BCUT2D eigenvalue weighted by Crippen LogP contribution is -1.92. The number of ether oxygens (including phenoxy) is 1. The Morgan fingerprint density at radius 2 is 1.72 bits per heavy atom. The third-order valence-electron chi connectivity index (χ3n) is 2.58. The summed E-state index contributed by atoms with van der Waals surface area (Å²) in [5.41, 5.74) is 2.20. The minimum Gasteiger partial charge on any atom is -0.462 e. The summed E-state index contributed by atoms with van der Waals surface area (Å²) in [6.07, 6.45) is 2.00. The summed E-state index contributed by atoms with van der Waals surface area (Å²) in [7, 11) is 0. The summed E-state index contributed by atoms with van der Waals surface area (Å²) in [6.45, 7) is 1.94. The lowest BCUT2D eigenvalue weighted by atomic mass is 10.1. The van der Waals surface area contributed by atoms with Gasteiger partial charge < -0.3 is 4.74 Å². The molecule has 0 fully saturated rings. The Morgan fingerprint density at radius 1 is 1.06 bits per heavy atom. The fourth-order valence-electron chi connectivity index (χ4n) is 1.72. The van der Waals surface area contributed by atoms with E-state index in [0.717, 1.165) is 22.6 Å². The maximum Gasteiger partial charge on any atom is 0.126 e. The van der Waals surface area contributed by atoms with Crippen LogP contribution in [0.2, 0.25) is 0 Å². The molecular formula is C16H15ClO. The maximum absolute atomic E-state index is 5.91. The number of hydrogen-bond donors (Lipinski definition) is 0. The molecule has 0 radical (unpaired) electrons. The highest BCUT2D eigenvalue weighted by atomic mass is 35.5. The van der Waals surface area contributed by atoms with E-state index in [1.54, 1.807) is 0 Å². The van der Waals surface area contributed by atoms with E-state index in [0.29, 0.717) is 5.88 Å². The molecule has 0 unspecified atom stereocenters. The lowest BCUT2D eigenvalue weighted by Gasteiger charge is -2.07. The van der Waals surface area contributed by atoms with E-state index in [1.165, 1.54) is 0 Å². The van der Waals surface area contributed by atoms with Crippen molar-refractivity contribution in [3.63, 3.8) is 0 Å². The highest BCUT2D eigenvalue weighted by Gasteiger charge is 1.99. The van der Waals surface area contributed by atoms with Gasteiger partial charge in [0.15, 0.2) is 0 Å². The van der Waals surface area contributed by atoms with Crippen LogP contribution in [0.15, 0.2) is 60.4 Å². The van der Waals surface area contributed by atoms with Crippen LogP contribution in [-0.2, 0) is 5.88 Å². The number of benzene rings is 2. The Labute approximate surface area is 113 Å². The Balaban J connectivity index is 2.18. The topological polar surface area (TPSA) is 9.23 Å². The Morgan fingerprint density at radius 3 is 2.44 bits per heavy atom. The van der Waals surface area contributed by atoms with Crippen LogP contribution in [0.4, 0.5) is 0 Å². The molecule has 0 heterocycles. The molecule has 0 spiro atoms. The fraction of sp³-hybridized carbons (Fsp3) is 0.125. The normalized spacial score (nSPS) is 11.3. The number of alkyl halides is 1. The number of rotatable bonds is 4. The first-order valence-electron chi connectivity index (χ1n) is 5.84. The third kappa shape index (κ3) is 3.38. The molecule has 92 valence electrons.